The van der Waals surface area contributed by atoms with E-state index in [0.717, 1.165) is 24.4 Å². The van der Waals surface area contributed by atoms with E-state index < -0.39 is 0 Å². The summed E-state index contributed by atoms with van der Waals surface area (Å²) in [6.07, 6.45) is 2.81. The monoisotopic (exact) mass is 258 g/mol. The van der Waals surface area contributed by atoms with Crippen molar-refractivity contribution < 1.29 is 4.74 Å². The third-order valence-corrected chi connectivity index (χ3v) is 3.58. The van der Waals surface area contributed by atoms with Gasteiger partial charge in [0.15, 0.2) is 0 Å². The highest BCUT2D eigenvalue weighted by molar-refractivity contribution is 5.39. The van der Waals surface area contributed by atoms with Crippen LogP contribution in [0.1, 0.15) is 36.6 Å². The molecule has 0 fully saturated rings. The van der Waals surface area contributed by atoms with Crippen molar-refractivity contribution in [2.75, 3.05) is 6.61 Å². The number of benzene rings is 1. The van der Waals surface area contributed by atoms with Crippen molar-refractivity contribution in [3.8, 4) is 5.75 Å². The molecule has 19 heavy (non-hydrogen) atoms. The standard InChI is InChI=1S/C14H18N4O/c1-2-12(15)13-8-18(17-16-13)7-10-9-19-14-6-4-3-5-11(10)14/h3-6,8,10,12H,2,7,9,15H2,1H3. The van der Waals surface area contributed by atoms with Gasteiger partial charge in [-0.05, 0) is 12.5 Å². The lowest BCUT2D eigenvalue weighted by atomic mass is 10.0. The summed E-state index contributed by atoms with van der Waals surface area (Å²) in [4.78, 5) is 0. The summed E-state index contributed by atoms with van der Waals surface area (Å²) in [5, 5.41) is 8.28. The van der Waals surface area contributed by atoms with Crippen molar-refractivity contribution in [2.45, 2.75) is 31.8 Å². The minimum atomic E-state index is -0.0270. The second-order valence-corrected chi connectivity index (χ2v) is 4.93. The molecule has 0 saturated carbocycles. The molecule has 0 saturated heterocycles. The van der Waals surface area contributed by atoms with Crippen LogP contribution in [0.4, 0.5) is 0 Å². The highest BCUT2D eigenvalue weighted by Crippen LogP contribution is 2.34. The molecular weight excluding hydrogens is 240 g/mol. The summed E-state index contributed by atoms with van der Waals surface area (Å²) in [5.41, 5.74) is 8.06. The molecule has 0 radical (unpaired) electrons. The summed E-state index contributed by atoms with van der Waals surface area (Å²) in [6, 6.07) is 8.13. The lowest BCUT2D eigenvalue weighted by Crippen LogP contribution is -2.11. The molecule has 1 aromatic carbocycles. The Morgan fingerprint density at radius 2 is 2.32 bits per heavy atom. The zero-order chi connectivity index (χ0) is 13.2. The maximum atomic E-state index is 5.95. The van der Waals surface area contributed by atoms with Crippen LogP contribution in [0.25, 0.3) is 0 Å². The number of hydrogen-bond donors (Lipinski definition) is 1. The molecule has 0 bridgehead atoms. The first kappa shape index (κ1) is 12.2. The van der Waals surface area contributed by atoms with Crippen molar-refractivity contribution in [1.82, 2.24) is 15.0 Å². The highest BCUT2D eigenvalue weighted by Gasteiger charge is 2.24. The maximum absolute atomic E-state index is 5.95. The summed E-state index contributed by atoms with van der Waals surface area (Å²) < 4.78 is 7.53. The second kappa shape index (κ2) is 5.01. The third-order valence-electron chi connectivity index (χ3n) is 3.58. The van der Waals surface area contributed by atoms with E-state index in [1.165, 1.54) is 5.56 Å². The van der Waals surface area contributed by atoms with Gasteiger partial charge in [-0.2, -0.15) is 0 Å². The molecule has 0 amide bonds. The fourth-order valence-corrected chi connectivity index (χ4v) is 2.39. The molecule has 100 valence electrons. The summed E-state index contributed by atoms with van der Waals surface area (Å²) in [5.74, 6) is 1.32. The van der Waals surface area contributed by atoms with Crippen LogP contribution in [0.3, 0.4) is 0 Å². The molecule has 1 aromatic heterocycles. The van der Waals surface area contributed by atoms with E-state index in [9.17, 15) is 0 Å². The van der Waals surface area contributed by atoms with E-state index in [0.29, 0.717) is 12.5 Å². The van der Waals surface area contributed by atoms with Gasteiger partial charge in [-0.1, -0.05) is 30.3 Å². The number of hydrogen-bond acceptors (Lipinski definition) is 4. The molecule has 1 aliphatic heterocycles. The average Bonchev–Trinajstić information content (AvgIpc) is 3.06. The molecule has 0 spiro atoms. The Balaban J connectivity index is 1.74. The van der Waals surface area contributed by atoms with Crippen LogP contribution in [0.15, 0.2) is 30.5 Å². The molecule has 2 heterocycles. The Labute approximate surface area is 112 Å². The van der Waals surface area contributed by atoms with E-state index in [1.54, 1.807) is 0 Å². The summed E-state index contributed by atoms with van der Waals surface area (Å²) in [7, 11) is 0. The highest BCUT2D eigenvalue weighted by atomic mass is 16.5. The number of aromatic nitrogens is 3. The van der Waals surface area contributed by atoms with Gasteiger partial charge in [0.1, 0.15) is 5.75 Å². The van der Waals surface area contributed by atoms with Gasteiger partial charge in [-0.3, -0.25) is 4.68 Å². The Bertz CT molecular complexity index is 566. The maximum Gasteiger partial charge on any atom is 0.122 e. The normalized spacial score (nSPS) is 18.9. The van der Waals surface area contributed by atoms with Crippen molar-refractivity contribution in [2.24, 2.45) is 5.73 Å². The number of ether oxygens (including phenoxy) is 1. The molecule has 3 rings (SSSR count). The lowest BCUT2D eigenvalue weighted by Gasteiger charge is -2.08. The van der Waals surface area contributed by atoms with Crippen LogP contribution in [-0.4, -0.2) is 21.6 Å². The van der Waals surface area contributed by atoms with Gasteiger partial charge >= 0.3 is 0 Å². The molecular formula is C14H18N4O. The Morgan fingerprint density at radius 1 is 1.47 bits per heavy atom. The first-order chi connectivity index (χ1) is 9.28. The molecule has 1 aliphatic rings. The van der Waals surface area contributed by atoms with Crippen LogP contribution < -0.4 is 10.5 Å². The number of fused-ring (bicyclic) bond motifs is 1. The number of nitrogens with two attached hydrogens (primary N) is 1. The number of nitrogens with zero attached hydrogens (tertiary/aromatic N) is 3. The SMILES string of the molecule is CCC(N)c1cn(CC2COc3ccccc32)nn1. The van der Waals surface area contributed by atoms with Crippen LogP contribution in [0.2, 0.25) is 0 Å². The van der Waals surface area contributed by atoms with Crippen molar-refractivity contribution >= 4 is 0 Å². The topological polar surface area (TPSA) is 66.0 Å². The van der Waals surface area contributed by atoms with E-state index in [4.69, 9.17) is 10.5 Å². The van der Waals surface area contributed by atoms with Gasteiger partial charge in [-0.25, -0.2) is 0 Å². The van der Waals surface area contributed by atoms with Gasteiger partial charge in [0.25, 0.3) is 0 Å². The molecule has 5 heteroatoms. The molecule has 2 atom stereocenters. The predicted molar refractivity (Wildman–Crippen MR) is 71.9 cm³/mol. The van der Waals surface area contributed by atoms with Crippen LogP contribution in [0.5, 0.6) is 5.75 Å². The van der Waals surface area contributed by atoms with Crippen molar-refractivity contribution in [3.63, 3.8) is 0 Å². The Morgan fingerprint density at radius 3 is 3.16 bits per heavy atom. The van der Waals surface area contributed by atoms with Gasteiger partial charge in [0, 0.05) is 11.5 Å². The van der Waals surface area contributed by atoms with E-state index in [-0.39, 0.29) is 6.04 Å². The van der Waals surface area contributed by atoms with Gasteiger partial charge < -0.3 is 10.5 Å². The summed E-state index contributed by atoms with van der Waals surface area (Å²) >= 11 is 0. The lowest BCUT2D eigenvalue weighted by molar-refractivity contribution is 0.314. The number of rotatable bonds is 4. The fourth-order valence-electron chi connectivity index (χ4n) is 2.39. The van der Waals surface area contributed by atoms with E-state index in [2.05, 4.69) is 16.4 Å². The molecule has 2 aromatic rings. The fraction of sp³-hybridized carbons (Fsp3) is 0.429. The van der Waals surface area contributed by atoms with Crippen LogP contribution in [0, 0.1) is 0 Å². The zero-order valence-corrected chi connectivity index (χ0v) is 11.0. The largest absolute Gasteiger partial charge is 0.493 e. The van der Waals surface area contributed by atoms with Gasteiger partial charge in [0.05, 0.1) is 31.1 Å². The predicted octanol–water partition coefficient (Wildman–Crippen LogP) is 1.86. The number of para-hydroxylation sites is 1. The first-order valence-corrected chi connectivity index (χ1v) is 6.65. The Hall–Kier alpha value is -1.88. The van der Waals surface area contributed by atoms with Gasteiger partial charge in [0.2, 0.25) is 0 Å². The smallest absolute Gasteiger partial charge is 0.122 e. The third kappa shape index (κ3) is 2.33. The molecule has 2 unspecified atom stereocenters. The van der Waals surface area contributed by atoms with Crippen LogP contribution >= 0.6 is 0 Å². The first-order valence-electron chi connectivity index (χ1n) is 6.65. The average molecular weight is 258 g/mol. The summed E-state index contributed by atoms with van der Waals surface area (Å²) in [6.45, 7) is 3.53. The minimum absolute atomic E-state index is 0.0270. The molecule has 0 aliphatic carbocycles. The molecule has 2 N–H and O–H groups in total. The van der Waals surface area contributed by atoms with E-state index in [1.807, 2.05) is 36.0 Å². The Kier molecular flexibility index (Phi) is 3.21. The van der Waals surface area contributed by atoms with Crippen molar-refractivity contribution in [1.29, 1.82) is 0 Å². The second-order valence-electron chi connectivity index (χ2n) is 4.93. The van der Waals surface area contributed by atoms with Crippen LogP contribution in [-0.2, 0) is 6.54 Å². The molecule has 5 nitrogen and oxygen atoms in total. The van der Waals surface area contributed by atoms with Gasteiger partial charge in [-0.15, -0.1) is 5.10 Å². The quantitative estimate of drug-likeness (QED) is 0.909. The minimum Gasteiger partial charge on any atom is -0.493 e. The van der Waals surface area contributed by atoms with Crippen molar-refractivity contribution in [3.05, 3.63) is 41.7 Å². The van der Waals surface area contributed by atoms with E-state index >= 15 is 0 Å². The zero-order valence-electron chi connectivity index (χ0n) is 11.0.